The molecule has 20 heavy (non-hydrogen) atoms. The number of hydrogen-bond acceptors (Lipinski definition) is 1. The molecule has 2 rings (SSSR count). The summed E-state index contributed by atoms with van der Waals surface area (Å²) in [5.41, 5.74) is 1.69. The molecule has 1 atom stereocenters. The second-order valence-electron chi connectivity index (χ2n) is 4.57. The Morgan fingerprint density at radius 1 is 1.00 bits per heavy atom. The van der Waals surface area contributed by atoms with E-state index < -0.39 is 17.7 Å². The van der Waals surface area contributed by atoms with Crippen LogP contribution < -0.4 is 5.32 Å². The third kappa shape index (κ3) is 2.97. The summed E-state index contributed by atoms with van der Waals surface area (Å²) in [7, 11) is 1.64. The van der Waals surface area contributed by atoms with E-state index in [0.29, 0.717) is 11.1 Å². The SMILES string of the molecule is CNC(c1cc(C)cc(F)c1)c1cc(F)c(F)cc1Cl. The standard InChI is InChI=1S/C15H13ClF3N/c1-8-3-9(5-10(17)4-8)15(20-2)11-6-13(18)14(19)7-12(11)16/h3-7,15,20H,1-2H3. The van der Waals surface area contributed by atoms with Crippen LogP contribution in [0, 0.1) is 24.4 Å². The average Bonchev–Trinajstić information content (AvgIpc) is 2.35. The van der Waals surface area contributed by atoms with Gasteiger partial charge in [-0.15, -0.1) is 0 Å². The lowest BCUT2D eigenvalue weighted by atomic mass is 9.97. The number of halogens is 4. The Kier molecular flexibility index (Phi) is 4.35. The van der Waals surface area contributed by atoms with Crippen LogP contribution in [0.15, 0.2) is 30.3 Å². The molecule has 2 aromatic carbocycles. The van der Waals surface area contributed by atoms with Gasteiger partial charge in [-0.25, -0.2) is 13.2 Å². The van der Waals surface area contributed by atoms with Gasteiger partial charge in [-0.05, 0) is 54.9 Å². The fourth-order valence-corrected chi connectivity index (χ4v) is 2.45. The molecule has 1 N–H and O–H groups in total. The van der Waals surface area contributed by atoms with Gasteiger partial charge in [-0.3, -0.25) is 0 Å². The van der Waals surface area contributed by atoms with Gasteiger partial charge >= 0.3 is 0 Å². The molecule has 0 saturated carbocycles. The van der Waals surface area contributed by atoms with Gasteiger partial charge < -0.3 is 5.32 Å². The Morgan fingerprint density at radius 3 is 2.25 bits per heavy atom. The van der Waals surface area contributed by atoms with Crippen molar-refractivity contribution in [1.29, 1.82) is 0 Å². The molecule has 0 aliphatic rings. The van der Waals surface area contributed by atoms with Gasteiger partial charge in [0, 0.05) is 5.02 Å². The molecule has 0 aromatic heterocycles. The van der Waals surface area contributed by atoms with Crippen molar-refractivity contribution in [2.75, 3.05) is 7.05 Å². The van der Waals surface area contributed by atoms with Gasteiger partial charge in [0.1, 0.15) is 5.82 Å². The van der Waals surface area contributed by atoms with Gasteiger partial charge in [0.05, 0.1) is 6.04 Å². The Balaban J connectivity index is 2.55. The Morgan fingerprint density at radius 2 is 1.65 bits per heavy atom. The first-order valence-corrected chi connectivity index (χ1v) is 6.39. The summed E-state index contributed by atoms with van der Waals surface area (Å²) in [4.78, 5) is 0. The zero-order valence-electron chi connectivity index (χ0n) is 11.0. The monoisotopic (exact) mass is 299 g/mol. The second-order valence-corrected chi connectivity index (χ2v) is 4.98. The Bertz CT molecular complexity index is 623. The largest absolute Gasteiger partial charge is 0.309 e. The summed E-state index contributed by atoms with van der Waals surface area (Å²) in [6.45, 7) is 1.76. The van der Waals surface area contributed by atoms with Crippen molar-refractivity contribution in [2.24, 2.45) is 0 Å². The Hall–Kier alpha value is -1.52. The summed E-state index contributed by atoms with van der Waals surface area (Å²) >= 11 is 5.96. The number of benzene rings is 2. The van der Waals surface area contributed by atoms with Crippen molar-refractivity contribution in [3.63, 3.8) is 0 Å². The maximum Gasteiger partial charge on any atom is 0.160 e. The second kappa shape index (κ2) is 5.85. The maximum atomic E-state index is 13.5. The van der Waals surface area contributed by atoms with Crippen molar-refractivity contribution in [1.82, 2.24) is 5.32 Å². The molecule has 0 aliphatic carbocycles. The van der Waals surface area contributed by atoms with E-state index in [4.69, 9.17) is 11.6 Å². The molecular formula is C15H13ClF3N. The molecule has 0 amide bonds. The van der Waals surface area contributed by atoms with Crippen LogP contribution in [-0.2, 0) is 0 Å². The topological polar surface area (TPSA) is 12.0 Å². The summed E-state index contributed by atoms with van der Waals surface area (Å²) < 4.78 is 40.0. The van der Waals surface area contributed by atoms with Crippen LogP contribution in [0.1, 0.15) is 22.7 Å². The van der Waals surface area contributed by atoms with Crippen LogP contribution in [0.2, 0.25) is 5.02 Å². The van der Waals surface area contributed by atoms with Crippen molar-refractivity contribution >= 4 is 11.6 Å². The maximum absolute atomic E-state index is 13.5. The molecule has 0 aliphatic heterocycles. The molecule has 0 radical (unpaired) electrons. The van der Waals surface area contributed by atoms with Crippen molar-refractivity contribution in [3.05, 3.63) is 69.5 Å². The molecule has 1 unspecified atom stereocenters. The highest BCUT2D eigenvalue weighted by atomic mass is 35.5. The van der Waals surface area contributed by atoms with Gasteiger partial charge in [0.15, 0.2) is 11.6 Å². The zero-order chi connectivity index (χ0) is 14.9. The minimum atomic E-state index is -1.01. The normalized spacial score (nSPS) is 12.5. The molecule has 0 spiro atoms. The zero-order valence-corrected chi connectivity index (χ0v) is 11.7. The van der Waals surface area contributed by atoms with Crippen LogP contribution in [0.4, 0.5) is 13.2 Å². The summed E-state index contributed by atoms with van der Waals surface area (Å²) in [6.07, 6.45) is 0. The van der Waals surface area contributed by atoms with Gasteiger partial charge in [0.2, 0.25) is 0 Å². The predicted molar refractivity (Wildman–Crippen MR) is 73.4 cm³/mol. The van der Waals surface area contributed by atoms with Crippen molar-refractivity contribution in [2.45, 2.75) is 13.0 Å². The van der Waals surface area contributed by atoms with Crippen LogP contribution in [0.25, 0.3) is 0 Å². The minimum absolute atomic E-state index is 0.0881. The first-order chi connectivity index (χ1) is 9.42. The van der Waals surface area contributed by atoms with E-state index in [-0.39, 0.29) is 10.8 Å². The van der Waals surface area contributed by atoms with E-state index >= 15 is 0 Å². The highest BCUT2D eigenvalue weighted by Crippen LogP contribution is 2.30. The predicted octanol–water partition coefficient (Wildman–Crippen LogP) is 4.37. The van der Waals surface area contributed by atoms with E-state index in [9.17, 15) is 13.2 Å². The summed E-state index contributed by atoms with van der Waals surface area (Å²) in [6, 6.07) is 5.92. The third-order valence-corrected chi connectivity index (χ3v) is 3.36. The average molecular weight is 300 g/mol. The molecule has 2 aromatic rings. The van der Waals surface area contributed by atoms with Crippen LogP contribution in [0.5, 0.6) is 0 Å². The van der Waals surface area contributed by atoms with Gasteiger partial charge in [0.25, 0.3) is 0 Å². The Labute approximate surface area is 120 Å². The van der Waals surface area contributed by atoms with E-state index in [1.54, 1.807) is 20.0 Å². The number of nitrogens with one attached hydrogen (secondary N) is 1. The number of rotatable bonds is 3. The molecule has 0 bridgehead atoms. The molecule has 0 heterocycles. The summed E-state index contributed by atoms with van der Waals surface area (Å²) in [5.74, 6) is -2.39. The van der Waals surface area contributed by atoms with E-state index in [2.05, 4.69) is 5.32 Å². The molecular weight excluding hydrogens is 287 g/mol. The molecule has 1 nitrogen and oxygen atoms in total. The lowest BCUT2D eigenvalue weighted by Crippen LogP contribution is -2.19. The van der Waals surface area contributed by atoms with E-state index in [1.807, 2.05) is 0 Å². The molecule has 0 saturated heterocycles. The first-order valence-electron chi connectivity index (χ1n) is 6.01. The quantitative estimate of drug-likeness (QED) is 0.830. The van der Waals surface area contributed by atoms with Gasteiger partial charge in [-0.1, -0.05) is 17.7 Å². The van der Waals surface area contributed by atoms with Crippen LogP contribution in [-0.4, -0.2) is 7.05 Å². The summed E-state index contributed by atoms with van der Waals surface area (Å²) in [5, 5.41) is 3.02. The van der Waals surface area contributed by atoms with Crippen LogP contribution in [0.3, 0.4) is 0 Å². The minimum Gasteiger partial charge on any atom is -0.309 e. The fourth-order valence-electron chi connectivity index (χ4n) is 2.19. The molecule has 0 fully saturated rings. The third-order valence-electron chi connectivity index (χ3n) is 3.04. The fraction of sp³-hybridized carbons (Fsp3) is 0.200. The number of aryl methyl sites for hydroxylation is 1. The molecule has 106 valence electrons. The van der Waals surface area contributed by atoms with Crippen LogP contribution >= 0.6 is 11.6 Å². The van der Waals surface area contributed by atoms with Gasteiger partial charge in [-0.2, -0.15) is 0 Å². The van der Waals surface area contributed by atoms with Crippen molar-refractivity contribution in [3.8, 4) is 0 Å². The molecule has 5 heteroatoms. The lowest BCUT2D eigenvalue weighted by Gasteiger charge is -2.19. The number of hydrogen-bond donors (Lipinski definition) is 1. The highest BCUT2D eigenvalue weighted by molar-refractivity contribution is 6.31. The van der Waals surface area contributed by atoms with E-state index in [1.165, 1.54) is 12.1 Å². The lowest BCUT2D eigenvalue weighted by molar-refractivity contribution is 0.505. The van der Waals surface area contributed by atoms with E-state index in [0.717, 1.165) is 17.7 Å². The van der Waals surface area contributed by atoms with Crippen molar-refractivity contribution < 1.29 is 13.2 Å². The first kappa shape index (κ1) is 14.9. The smallest absolute Gasteiger partial charge is 0.160 e. The highest BCUT2D eigenvalue weighted by Gasteiger charge is 2.19.